The second kappa shape index (κ2) is 19.6. The first-order valence-electron chi connectivity index (χ1n) is 13.1. The van der Waals surface area contributed by atoms with E-state index in [1.165, 1.54) is 0 Å². The van der Waals surface area contributed by atoms with Crippen LogP contribution in [0.4, 0.5) is 14.4 Å². The van der Waals surface area contributed by atoms with Gasteiger partial charge in [0.1, 0.15) is 26.4 Å². The fourth-order valence-corrected chi connectivity index (χ4v) is 3.03. The molecule has 238 valence electrons. The van der Waals surface area contributed by atoms with E-state index in [9.17, 15) is 33.6 Å². The molecule has 0 aliphatic heterocycles. The van der Waals surface area contributed by atoms with Crippen molar-refractivity contribution in [2.24, 2.45) is 5.92 Å². The highest BCUT2D eigenvalue weighted by molar-refractivity contribution is 5.72. The van der Waals surface area contributed by atoms with Gasteiger partial charge in [0.15, 0.2) is 0 Å². The summed E-state index contributed by atoms with van der Waals surface area (Å²) in [6.07, 6.45) is -2.15. The monoisotopic (exact) mass is 606 g/mol. The van der Waals surface area contributed by atoms with Crippen LogP contribution in [0.1, 0.15) is 20.3 Å². The van der Waals surface area contributed by atoms with Crippen LogP contribution in [-0.2, 0) is 43.4 Å². The molecule has 1 atom stereocenters. The number of carbonyl (C=O) groups excluding carboxylic acids is 4. The van der Waals surface area contributed by atoms with Gasteiger partial charge in [-0.3, -0.25) is 4.79 Å². The molecule has 19 nitrogen and oxygen atoms in total. The summed E-state index contributed by atoms with van der Waals surface area (Å²) in [4.78, 5) is 85.5. The smallest absolute Gasteiger partial charge is 0.407 e. The van der Waals surface area contributed by atoms with Crippen molar-refractivity contribution in [1.29, 1.82) is 0 Å². The fourth-order valence-electron chi connectivity index (χ4n) is 3.03. The first-order chi connectivity index (χ1) is 20.1. The van der Waals surface area contributed by atoms with Crippen molar-refractivity contribution in [2.45, 2.75) is 39.9 Å². The third-order valence-corrected chi connectivity index (χ3v) is 5.42. The molecule has 1 aromatic heterocycles. The molecule has 19 heteroatoms. The van der Waals surface area contributed by atoms with Crippen molar-refractivity contribution in [1.82, 2.24) is 29.7 Å². The van der Waals surface area contributed by atoms with Gasteiger partial charge in [-0.05, 0) is 6.42 Å². The number of carbonyl (C=O) groups is 4. The van der Waals surface area contributed by atoms with E-state index in [4.69, 9.17) is 29.2 Å². The average Bonchev–Trinajstić information content (AvgIpc) is 2.97. The standard InChI is InChI=1S/C23H38N6O13/c1-3-16(2)17(32)39-12-6-26-20(35)42-15-9-29-22(37)27(7-13-40-18(33)24-4-10-30)21(36)28(23(29)38)8-14-41-19(34)25-5-11-31/h16,30-31H,3-15H2,1-2H3,(H,24,33)(H,25,34)(H,26,35). The SMILES string of the molecule is CCC(C)C(=O)OCCNC(=O)OCCn1c(=O)n(CCOC(=O)NCCO)c(=O)n(CCOC(=O)NCCO)c1=O. The van der Waals surface area contributed by atoms with Crippen molar-refractivity contribution < 1.29 is 48.3 Å². The molecule has 0 saturated heterocycles. The summed E-state index contributed by atoms with van der Waals surface area (Å²) >= 11 is 0. The normalized spacial score (nSPS) is 11.2. The first kappa shape index (κ1) is 35.6. The minimum atomic E-state index is -1.08. The number of hydrogen-bond donors (Lipinski definition) is 5. The molecule has 0 saturated carbocycles. The van der Waals surface area contributed by atoms with E-state index in [1.807, 2.05) is 6.92 Å². The molecule has 42 heavy (non-hydrogen) atoms. The quantitative estimate of drug-likeness (QED) is 0.0633. The molecular weight excluding hydrogens is 568 g/mol. The fraction of sp³-hybridized carbons (Fsp3) is 0.696. The Bertz CT molecular complexity index is 1140. The van der Waals surface area contributed by atoms with Crippen LogP contribution in [0.2, 0.25) is 0 Å². The van der Waals surface area contributed by atoms with Crippen LogP contribution in [0.25, 0.3) is 0 Å². The van der Waals surface area contributed by atoms with Gasteiger partial charge in [0.05, 0.1) is 45.3 Å². The number of aliphatic hydroxyl groups excluding tert-OH is 2. The highest BCUT2D eigenvalue weighted by Crippen LogP contribution is 2.02. The van der Waals surface area contributed by atoms with E-state index in [2.05, 4.69) is 16.0 Å². The molecule has 1 unspecified atom stereocenters. The zero-order valence-corrected chi connectivity index (χ0v) is 23.5. The maximum Gasteiger partial charge on any atom is 0.407 e. The lowest BCUT2D eigenvalue weighted by Gasteiger charge is -2.15. The Morgan fingerprint density at radius 3 is 1.33 bits per heavy atom. The van der Waals surface area contributed by atoms with Crippen molar-refractivity contribution in [3.05, 3.63) is 31.5 Å². The number of rotatable bonds is 18. The van der Waals surface area contributed by atoms with Crippen molar-refractivity contribution in [3.8, 4) is 0 Å². The van der Waals surface area contributed by atoms with Gasteiger partial charge in [0, 0.05) is 13.1 Å². The number of hydrogen-bond acceptors (Lipinski definition) is 13. The van der Waals surface area contributed by atoms with E-state index in [1.54, 1.807) is 6.92 Å². The molecule has 3 amide bonds. The predicted octanol–water partition coefficient (Wildman–Crippen LogP) is -3.08. The third-order valence-electron chi connectivity index (χ3n) is 5.42. The number of nitrogens with one attached hydrogen (secondary N) is 3. The van der Waals surface area contributed by atoms with E-state index in [-0.39, 0.29) is 45.4 Å². The zero-order valence-electron chi connectivity index (χ0n) is 23.5. The predicted molar refractivity (Wildman–Crippen MR) is 142 cm³/mol. The molecule has 1 rings (SSSR count). The molecule has 0 spiro atoms. The molecule has 5 N–H and O–H groups in total. The molecule has 0 bridgehead atoms. The topological polar surface area (TPSA) is 248 Å². The molecule has 1 aromatic rings. The largest absolute Gasteiger partial charge is 0.464 e. The summed E-state index contributed by atoms with van der Waals surface area (Å²) in [7, 11) is 0. The second-order valence-corrected chi connectivity index (χ2v) is 8.41. The Morgan fingerprint density at radius 1 is 0.643 bits per heavy atom. The Labute approximate surface area is 239 Å². The summed E-state index contributed by atoms with van der Waals surface area (Å²) < 4.78 is 21.5. The molecular formula is C23H38N6O13. The van der Waals surface area contributed by atoms with E-state index in [0.29, 0.717) is 20.1 Å². The van der Waals surface area contributed by atoms with Crippen LogP contribution >= 0.6 is 0 Å². The summed E-state index contributed by atoms with van der Waals surface area (Å²) in [6, 6.07) is 0. The third kappa shape index (κ3) is 12.4. The number of alkyl carbamates (subject to hydrolysis) is 3. The lowest BCUT2D eigenvalue weighted by molar-refractivity contribution is -0.147. The maximum absolute atomic E-state index is 12.9. The molecule has 0 aromatic carbocycles. The number of ether oxygens (including phenoxy) is 4. The van der Waals surface area contributed by atoms with Gasteiger partial charge in [-0.2, -0.15) is 0 Å². The first-order valence-corrected chi connectivity index (χ1v) is 13.1. The number of aliphatic hydroxyl groups is 2. The average molecular weight is 607 g/mol. The minimum Gasteiger partial charge on any atom is -0.464 e. The highest BCUT2D eigenvalue weighted by Gasteiger charge is 2.17. The Balaban J connectivity index is 2.93. The lowest BCUT2D eigenvalue weighted by atomic mass is 10.1. The summed E-state index contributed by atoms with van der Waals surface area (Å²) in [6.45, 7) is -0.206. The molecule has 1 heterocycles. The Hall–Kier alpha value is -4.39. The van der Waals surface area contributed by atoms with Crippen LogP contribution in [0.5, 0.6) is 0 Å². The zero-order chi connectivity index (χ0) is 31.5. The van der Waals surface area contributed by atoms with E-state index in [0.717, 1.165) is 0 Å². The van der Waals surface area contributed by atoms with Crippen LogP contribution in [0.15, 0.2) is 14.4 Å². The molecule has 0 aliphatic carbocycles. The van der Waals surface area contributed by atoms with E-state index >= 15 is 0 Å². The Kier molecular flexibility index (Phi) is 16.7. The van der Waals surface area contributed by atoms with Gasteiger partial charge in [0.25, 0.3) is 0 Å². The number of aromatic nitrogens is 3. The van der Waals surface area contributed by atoms with Crippen molar-refractivity contribution >= 4 is 24.2 Å². The van der Waals surface area contributed by atoms with Crippen LogP contribution in [0, 0.1) is 5.92 Å². The highest BCUT2D eigenvalue weighted by atomic mass is 16.6. The minimum absolute atomic E-state index is 0.0452. The lowest BCUT2D eigenvalue weighted by Crippen LogP contribution is -2.55. The van der Waals surface area contributed by atoms with Crippen molar-refractivity contribution in [3.63, 3.8) is 0 Å². The number of amides is 3. The van der Waals surface area contributed by atoms with Gasteiger partial charge >= 0.3 is 41.3 Å². The van der Waals surface area contributed by atoms with Gasteiger partial charge in [-0.25, -0.2) is 42.5 Å². The summed E-state index contributed by atoms with van der Waals surface area (Å²) in [5, 5.41) is 24.3. The molecule has 0 aliphatic rings. The van der Waals surface area contributed by atoms with Crippen molar-refractivity contribution in [2.75, 3.05) is 59.3 Å². The maximum atomic E-state index is 12.9. The van der Waals surface area contributed by atoms with Crippen LogP contribution in [0.3, 0.4) is 0 Å². The molecule has 0 fully saturated rings. The summed E-state index contributed by atoms with van der Waals surface area (Å²) in [5.74, 6) is -0.696. The van der Waals surface area contributed by atoms with Gasteiger partial charge in [-0.1, -0.05) is 13.8 Å². The van der Waals surface area contributed by atoms with E-state index < -0.39 is 80.8 Å². The van der Waals surface area contributed by atoms with Gasteiger partial charge in [0.2, 0.25) is 0 Å². The second-order valence-electron chi connectivity index (χ2n) is 8.41. The number of nitrogens with zero attached hydrogens (tertiary/aromatic N) is 3. The van der Waals surface area contributed by atoms with Gasteiger partial charge < -0.3 is 45.1 Å². The molecule has 0 radical (unpaired) electrons. The summed E-state index contributed by atoms with van der Waals surface area (Å²) in [5.41, 5.74) is -3.24. The number of esters is 1. The van der Waals surface area contributed by atoms with Crippen LogP contribution < -0.4 is 33.0 Å². The van der Waals surface area contributed by atoms with Gasteiger partial charge in [-0.15, -0.1) is 0 Å². The van der Waals surface area contributed by atoms with Crippen LogP contribution in [-0.4, -0.2) is 107 Å². The Morgan fingerprint density at radius 2 is 1.00 bits per heavy atom.